The number of carbonyl (C=O) groups excluding carboxylic acids is 1. The molecule has 0 spiro atoms. The Morgan fingerprint density at radius 1 is 1.07 bits per heavy atom. The lowest BCUT2D eigenvalue weighted by Gasteiger charge is -2.08. The number of benzene rings is 2. The molecule has 0 aliphatic heterocycles. The lowest BCUT2D eigenvalue weighted by atomic mass is 10.0. The van der Waals surface area contributed by atoms with Crippen LogP contribution in [-0.4, -0.2) is 27.1 Å². The minimum atomic E-state index is -0.231. The van der Waals surface area contributed by atoms with Gasteiger partial charge in [0.1, 0.15) is 0 Å². The number of aromatic nitrogens is 3. The molecule has 2 aromatic heterocycles. The molecule has 0 atom stereocenters. The Morgan fingerprint density at radius 2 is 1.93 bits per heavy atom. The van der Waals surface area contributed by atoms with Crippen molar-refractivity contribution < 1.29 is 9.53 Å². The molecule has 0 bridgehead atoms. The van der Waals surface area contributed by atoms with Crippen LogP contribution in [0.4, 0.5) is 0 Å². The smallest absolute Gasteiger partial charge is 0.310 e. The molecule has 5 nitrogen and oxygen atoms in total. The van der Waals surface area contributed by atoms with Crippen molar-refractivity contribution in [1.29, 1.82) is 0 Å². The Bertz CT molecular complexity index is 1100. The van der Waals surface area contributed by atoms with Crippen LogP contribution in [0.3, 0.4) is 0 Å². The standard InChI is InChI=1S/C22H19N3O2/c1-2-27-22(26)12-16-10-11-25(15-16)21-14-23-13-20(24-21)19-9-5-7-17-6-3-4-8-18(17)19/h3-11,13-15H,2,12H2,1H3. The highest BCUT2D eigenvalue weighted by Gasteiger charge is 2.09. The molecule has 0 saturated heterocycles. The van der Waals surface area contributed by atoms with Crippen molar-refractivity contribution in [3.63, 3.8) is 0 Å². The Morgan fingerprint density at radius 3 is 2.81 bits per heavy atom. The highest BCUT2D eigenvalue weighted by Crippen LogP contribution is 2.27. The molecule has 0 radical (unpaired) electrons. The van der Waals surface area contributed by atoms with Crippen molar-refractivity contribution in [3.8, 4) is 17.1 Å². The summed E-state index contributed by atoms with van der Waals surface area (Å²) in [7, 11) is 0. The van der Waals surface area contributed by atoms with Crippen molar-refractivity contribution in [2.24, 2.45) is 0 Å². The summed E-state index contributed by atoms with van der Waals surface area (Å²) in [5.41, 5.74) is 2.73. The SMILES string of the molecule is CCOC(=O)Cc1ccn(-c2cncc(-c3cccc4ccccc34)n2)c1. The zero-order valence-corrected chi connectivity index (χ0v) is 15.0. The monoisotopic (exact) mass is 357 g/mol. The first-order valence-electron chi connectivity index (χ1n) is 8.87. The van der Waals surface area contributed by atoms with Crippen molar-refractivity contribution in [1.82, 2.24) is 14.5 Å². The van der Waals surface area contributed by atoms with E-state index in [4.69, 9.17) is 9.72 Å². The van der Waals surface area contributed by atoms with Crippen molar-refractivity contribution in [2.75, 3.05) is 6.61 Å². The van der Waals surface area contributed by atoms with Crippen molar-refractivity contribution in [3.05, 3.63) is 78.9 Å². The summed E-state index contributed by atoms with van der Waals surface area (Å²) in [5.74, 6) is 0.474. The summed E-state index contributed by atoms with van der Waals surface area (Å²) in [5, 5.41) is 2.31. The molecule has 4 aromatic rings. The van der Waals surface area contributed by atoms with Crippen LogP contribution >= 0.6 is 0 Å². The van der Waals surface area contributed by atoms with Gasteiger partial charge in [0.15, 0.2) is 5.82 Å². The number of hydrogen-bond acceptors (Lipinski definition) is 4. The van der Waals surface area contributed by atoms with Gasteiger partial charge in [0.2, 0.25) is 0 Å². The molecule has 0 amide bonds. The first-order chi connectivity index (χ1) is 13.2. The van der Waals surface area contributed by atoms with Crippen LogP contribution in [0.5, 0.6) is 0 Å². The topological polar surface area (TPSA) is 57.0 Å². The van der Waals surface area contributed by atoms with Crippen LogP contribution in [0.1, 0.15) is 12.5 Å². The molecule has 0 fully saturated rings. The average molecular weight is 357 g/mol. The van der Waals surface area contributed by atoms with E-state index in [9.17, 15) is 4.79 Å². The summed E-state index contributed by atoms with van der Waals surface area (Å²) in [4.78, 5) is 20.8. The van der Waals surface area contributed by atoms with Gasteiger partial charge < -0.3 is 9.30 Å². The van der Waals surface area contributed by atoms with Gasteiger partial charge in [0, 0.05) is 18.0 Å². The van der Waals surface area contributed by atoms with Gasteiger partial charge in [-0.25, -0.2) is 4.98 Å². The summed E-state index contributed by atoms with van der Waals surface area (Å²) >= 11 is 0. The van der Waals surface area contributed by atoms with E-state index in [1.165, 1.54) is 5.39 Å². The fourth-order valence-corrected chi connectivity index (χ4v) is 3.13. The van der Waals surface area contributed by atoms with Crippen molar-refractivity contribution >= 4 is 16.7 Å². The van der Waals surface area contributed by atoms with Gasteiger partial charge in [-0.1, -0.05) is 42.5 Å². The largest absolute Gasteiger partial charge is 0.466 e. The Kier molecular flexibility index (Phi) is 4.66. The number of carbonyl (C=O) groups is 1. The average Bonchev–Trinajstić information content (AvgIpc) is 3.16. The van der Waals surface area contributed by atoms with E-state index in [0.717, 1.165) is 22.2 Å². The molecule has 0 aliphatic carbocycles. The molecule has 2 aromatic carbocycles. The number of esters is 1. The van der Waals surface area contributed by atoms with E-state index in [2.05, 4.69) is 29.2 Å². The zero-order valence-electron chi connectivity index (χ0n) is 15.0. The predicted molar refractivity (Wildman–Crippen MR) is 105 cm³/mol. The lowest BCUT2D eigenvalue weighted by Crippen LogP contribution is -2.06. The highest BCUT2D eigenvalue weighted by molar-refractivity contribution is 5.95. The third-order valence-corrected chi connectivity index (χ3v) is 4.36. The minimum Gasteiger partial charge on any atom is -0.466 e. The second-order valence-electron chi connectivity index (χ2n) is 6.20. The molecule has 0 N–H and O–H groups in total. The number of hydrogen-bond donors (Lipinski definition) is 0. The first kappa shape index (κ1) is 17.0. The summed E-state index contributed by atoms with van der Waals surface area (Å²) in [6.45, 7) is 2.19. The van der Waals surface area contributed by atoms with Gasteiger partial charge >= 0.3 is 5.97 Å². The van der Waals surface area contributed by atoms with Gasteiger partial charge in [0.05, 0.1) is 31.1 Å². The molecule has 134 valence electrons. The minimum absolute atomic E-state index is 0.231. The fraction of sp³-hybridized carbons (Fsp3) is 0.136. The van der Waals surface area contributed by atoms with E-state index in [-0.39, 0.29) is 12.4 Å². The van der Waals surface area contributed by atoms with Gasteiger partial charge in [0.25, 0.3) is 0 Å². The Balaban J connectivity index is 1.67. The number of fused-ring (bicyclic) bond motifs is 1. The van der Waals surface area contributed by atoms with Crippen LogP contribution in [0, 0.1) is 0 Å². The lowest BCUT2D eigenvalue weighted by molar-refractivity contribution is -0.142. The van der Waals surface area contributed by atoms with Gasteiger partial charge in [-0.05, 0) is 29.3 Å². The van der Waals surface area contributed by atoms with E-state index in [1.807, 2.05) is 41.2 Å². The van der Waals surface area contributed by atoms with Crippen LogP contribution in [0.15, 0.2) is 73.3 Å². The second-order valence-corrected chi connectivity index (χ2v) is 6.20. The third kappa shape index (κ3) is 3.58. The summed E-state index contributed by atoms with van der Waals surface area (Å²) < 4.78 is 6.87. The van der Waals surface area contributed by atoms with E-state index in [0.29, 0.717) is 12.4 Å². The summed E-state index contributed by atoms with van der Waals surface area (Å²) in [6.07, 6.45) is 7.49. The van der Waals surface area contributed by atoms with Crippen molar-refractivity contribution in [2.45, 2.75) is 13.3 Å². The molecular weight excluding hydrogens is 338 g/mol. The molecule has 0 aliphatic rings. The molecule has 0 unspecified atom stereocenters. The van der Waals surface area contributed by atoms with E-state index in [1.54, 1.807) is 19.3 Å². The van der Waals surface area contributed by atoms with Crippen LogP contribution < -0.4 is 0 Å². The maximum absolute atomic E-state index is 11.7. The number of rotatable bonds is 5. The molecule has 0 saturated carbocycles. The van der Waals surface area contributed by atoms with Gasteiger partial charge in [-0.15, -0.1) is 0 Å². The first-order valence-corrected chi connectivity index (χ1v) is 8.87. The predicted octanol–water partition coefficient (Wildman–Crippen LogP) is 4.19. The Labute approximate surface area is 157 Å². The molecule has 2 heterocycles. The molecule has 4 rings (SSSR count). The fourth-order valence-electron chi connectivity index (χ4n) is 3.13. The van der Waals surface area contributed by atoms with Crippen LogP contribution in [0.25, 0.3) is 27.8 Å². The molecule has 27 heavy (non-hydrogen) atoms. The number of nitrogens with zero attached hydrogens (tertiary/aromatic N) is 3. The maximum atomic E-state index is 11.7. The van der Waals surface area contributed by atoms with Crippen LogP contribution in [-0.2, 0) is 16.0 Å². The molecule has 5 heteroatoms. The zero-order chi connectivity index (χ0) is 18.6. The van der Waals surface area contributed by atoms with Gasteiger partial charge in [-0.3, -0.25) is 9.78 Å². The van der Waals surface area contributed by atoms with Crippen LogP contribution in [0.2, 0.25) is 0 Å². The second kappa shape index (κ2) is 7.41. The maximum Gasteiger partial charge on any atom is 0.310 e. The molecular formula is C22H19N3O2. The number of ether oxygens (including phenoxy) is 1. The highest BCUT2D eigenvalue weighted by atomic mass is 16.5. The third-order valence-electron chi connectivity index (χ3n) is 4.36. The van der Waals surface area contributed by atoms with E-state index >= 15 is 0 Å². The summed E-state index contributed by atoms with van der Waals surface area (Å²) in [6, 6.07) is 16.3. The van der Waals surface area contributed by atoms with Gasteiger partial charge in [-0.2, -0.15) is 0 Å². The normalized spacial score (nSPS) is 10.9. The van der Waals surface area contributed by atoms with E-state index < -0.39 is 0 Å². The quantitative estimate of drug-likeness (QED) is 0.503. The Hall–Kier alpha value is -3.47.